The van der Waals surface area contributed by atoms with Crippen LogP contribution in [0.25, 0.3) is 0 Å². The number of rotatable bonds is 4. The monoisotopic (exact) mass is 274 g/mol. The normalized spacial score (nSPS) is 10.1. The van der Waals surface area contributed by atoms with Crippen molar-refractivity contribution in [3.8, 4) is 5.75 Å². The van der Waals surface area contributed by atoms with E-state index < -0.39 is 5.82 Å². The molecule has 0 radical (unpaired) electrons. The molecule has 0 bridgehead atoms. The second kappa shape index (κ2) is 6.06. The average Bonchev–Trinajstić information content (AvgIpc) is 2.42. The third-order valence-electron chi connectivity index (χ3n) is 2.67. The highest BCUT2D eigenvalue weighted by atomic mass is 19.1. The number of ether oxygens (including phenoxy) is 1. The van der Waals surface area contributed by atoms with Gasteiger partial charge in [0.05, 0.1) is 5.69 Å². The van der Waals surface area contributed by atoms with Crippen LogP contribution in [0, 0.1) is 12.7 Å². The number of aryl methyl sites for hydroxylation is 1. The molecule has 0 saturated carbocycles. The van der Waals surface area contributed by atoms with Gasteiger partial charge in [0.25, 0.3) is 5.91 Å². The van der Waals surface area contributed by atoms with Crippen molar-refractivity contribution in [3.63, 3.8) is 0 Å². The zero-order chi connectivity index (χ0) is 14.5. The molecule has 0 spiro atoms. The number of amides is 1. The minimum absolute atomic E-state index is 0.157. The zero-order valence-corrected chi connectivity index (χ0v) is 11.0. The van der Waals surface area contributed by atoms with Crippen molar-refractivity contribution in [1.82, 2.24) is 0 Å². The van der Waals surface area contributed by atoms with Crippen LogP contribution in [-0.4, -0.2) is 12.5 Å². The van der Waals surface area contributed by atoms with Crippen molar-refractivity contribution in [3.05, 3.63) is 53.8 Å². The third-order valence-corrected chi connectivity index (χ3v) is 2.67. The van der Waals surface area contributed by atoms with Gasteiger partial charge in [0, 0.05) is 11.8 Å². The van der Waals surface area contributed by atoms with Crippen LogP contribution >= 0.6 is 0 Å². The van der Waals surface area contributed by atoms with Gasteiger partial charge in [-0.25, -0.2) is 4.39 Å². The molecule has 2 aromatic carbocycles. The molecule has 3 N–H and O–H groups in total. The summed E-state index contributed by atoms with van der Waals surface area (Å²) in [4.78, 5) is 11.7. The van der Waals surface area contributed by atoms with Crippen molar-refractivity contribution >= 4 is 17.3 Å². The van der Waals surface area contributed by atoms with Gasteiger partial charge >= 0.3 is 0 Å². The molecule has 0 aliphatic rings. The van der Waals surface area contributed by atoms with Crippen LogP contribution in [0.2, 0.25) is 0 Å². The fraction of sp³-hybridized carbons (Fsp3) is 0.133. The molecule has 0 saturated heterocycles. The Morgan fingerprint density at radius 2 is 1.95 bits per heavy atom. The van der Waals surface area contributed by atoms with Crippen LogP contribution in [0.1, 0.15) is 5.56 Å². The Morgan fingerprint density at radius 3 is 2.65 bits per heavy atom. The molecule has 5 heteroatoms. The first-order valence-corrected chi connectivity index (χ1v) is 6.09. The van der Waals surface area contributed by atoms with Crippen molar-refractivity contribution in [2.75, 3.05) is 17.7 Å². The number of nitrogen functional groups attached to an aromatic ring is 1. The van der Waals surface area contributed by atoms with Crippen molar-refractivity contribution in [2.45, 2.75) is 6.92 Å². The predicted octanol–water partition coefficient (Wildman–Crippen LogP) is 2.73. The highest BCUT2D eigenvalue weighted by Gasteiger charge is 2.07. The van der Waals surface area contributed by atoms with Crippen molar-refractivity contribution in [2.24, 2.45) is 0 Å². The molecular weight excluding hydrogens is 259 g/mol. The predicted molar refractivity (Wildman–Crippen MR) is 76.1 cm³/mol. The standard InChI is InChI=1S/C15H15FN2O2/c1-10-2-5-12(6-3-10)18-15(19)9-20-14-8-11(16)4-7-13(14)17/h2-8H,9,17H2,1H3,(H,18,19). The molecule has 2 aromatic rings. The quantitative estimate of drug-likeness (QED) is 0.842. The van der Waals surface area contributed by atoms with Crippen LogP contribution in [0.3, 0.4) is 0 Å². The Labute approximate surface area is 116 Å². The molecule has 0 heterocycles. The number of nitrogens with two attached hydrogens (primary N) is 1. The largest absolute Gasteiger partial charge is 0.481 e. The second-order valence-electron chi connectivity index (χ2n) is 4.39. The highest BCUT2D eigenvalue weighted by Crippen LogP contribution is 2.21. The van der Waals surface area contributed by atoms with Gasteiger partial charge in [0.15, 0.2) is 6.61 Å². The average molecular weight is 274 g/mol. The lowest BCUT2D eigenvalue weighted by Crippen LogP contribution is -2.20. The molecule has 0 fully saturated rings. The smallest absolute Gasteiger partial charge is 0.262 e. The molecule has 0 aliphatic heterocycles. The number of hydrogen-bond donors (Lipinski definition) is 2. The molecule has 0 aromatic heterocycles. The van der Waals surface area contributed by atoms with Gasteiger partial charge < -0.3 is 15.8 Å². The number of nitrogens with one attached hydrogen (secondary N) is 1. The maximum atomic E-state index is 13.0. The first kappa shape index (κ1) is 13.9. The lowest BCUT2D eigenvalue weighted by atomic mass is 10.2. The number of hydrogen-bond acceptors (Lipinski definition) is 3. The number of anilines is 2. The van der Waals surface area contributed by atoms with E-state index in [0.29, 0.717) is 5.69 Å². The minimum atomic E-state index is -0.465. The minimum Gasteiger partial charge on any atom is -0.481 e. The maximum absolute atomic E-state index is 13.0. The maximum Gasteiger partial charge on any atom is 0.262 e. The fourth-order valence-corrected chi connectivity index (χ4v) is 1.61. The molecule has 0 aliphatic carbocycles. The Kier molecular flexibility index (Phi) is 4.20. The molecule has 0 atom stereocenters. The SMILES string of the molecule is Cc1ccc(NC(=O)COc2cc(F)ccc2N)cc1. The van der Waals surface area contributed by atoms with E-state index in [4.69, 9.17) is 10.5 Å². The number of benzene rings is 2. The van der Waals surface area contributed by atoms with Gasteiger partial charge in [-0.15, -0.1) is 0 Å². The third kappa shape index (κ3) is 3.71. The van der Waals surface area contributed by atoms with Gasteiger partial charge in [-0.3, -0.25) is 4.79 Å². The van der Waals surface area contributed by atoms with E-state index in [9.17, 15) is 9.18 Å². The Morgan fingerprint density at radius 1 is 1.25 bits per heavy atom. The Bertz CT molecular complexity index is 612. The fourth-order valence-electron chi connectivity index (χ4n) is 1.61. The van der Waals surface area contributed by atoms with Gasteiger partial charge in [-0.2, -0.15) is 0 Å². The van der Waals surface area contributed by atoms with Gasteiger partial charge in [0.2, 0.25) is 0 Å². The first-order chi connectivity index (χ1) is 9.54. The van der Waals surface area contributed by atoms with E-state index in [1.54, 1.807) is 12.1 Å². The summed E-state index contributed by atoms with van der Waals surface area (Å²) in [5, 5.41) is 2.67. The van der Waals surface area contributed by atoms with E-state index in [2.05, 4.69) is 5.32 Å². The van der Waals surface area contributed by atoms with Gasteiger partial charge in [-0.1, -0.05) is 17.7 Å². The van der Waals surface area contributed by atoms with Gasteiger partial charge in [0.1, 0.15) is 11.6 Å². The van der Waals surface area contributed by atoms with E-state index >= 15 is 0 Å². The summed E-state index contributed by atoms with van der Waals surface area (Å²) >= 11 is 0. The molecule has 20 heavy (non-hydrogen) atoms. The summed E-state index contributed by atoms with van der Waals surface area (Å²) in [6, 6.07) is 11.1. The van der Waals surface area contributed by atoms with E-state index in [-0.39, 0.29) is 24.0 Å². The zero-order valence-electron chi connectivity index (χ0n) is 11.0. The van der Waals surface area contributed by atoms with Crippen LogP contribution in [0.15, 0.2) is 42.5 Å². The van der Waals surface area contributed by atoms with Crippen LogP contribution in [0.4, 0.5) is 15.8 Å². The van der Waals surface area contributed by atoms with Crippen molar-refractivity contribution in [1.29, 1.82) is 0 Å². The molecule has 4 nitrogen and oxygen atoms in total. The second-order valence-corrected chi connectivity index (χ2v) is 4.39. The number of carbonyl (C=O) groups excluding carboxylic acids is 1. The Hall–Kier alpha value is -2.56. The van der Waals surface area contributed by atoms with Crippen LogP contribution < -0.4 is 15.8 Å². The summed E-state index contributed by atoms with van der Waals surface area (Å²) in [6.45, 7) is 1.73. The number of halogens is 1. The molecule has 104 valence electrons. The summed E-state index contributed by atoms with van der Waals surface area (Å²) in [5.41, 5.74) is 7.69. The summed E-state index contributed by atoms with van der Waals surface area (Å²) in [7, 11) is 0. The summed E-state index contributed by atoms with van der Waals surface area (Å²) < 4.78 is 18.2. The van der Waals surface area contributed by atoms with E-state index in [1.165, 1.54) is 12.1 Å². The number of carbonyl (C=O) groups is 1. The van der Waals surface area contributed by atoms with Crippen LogP contribution in [0.5, 0.6) is 5.75 Å². The lowest BCUT2D eigenvalue weighted by molar-refractivity contribution is -0.118. The van der Waals surface area contributed by atoms with Crippen LogP contribution in [-0.2, 0) is 4.79 Å². The molecule has 0 unspecified atom stereocenters. The summed E-state index contributed by atoms with van der Waals surface area (Å²) in [6.07, 6.45) is 0. The highest BCUT2D eigenvalue weighted by molar-refractivity contribution is 5.91. The van der Waals surface area contributed by atoms with Crippen molar-refractivity contribution < 1.29 is 13.9 Å². The van der Waals surface area contributed by atoms with Gasteiger partial charge in [-0.05, 0) is 31.2 Å². The lowest BCUT2D eigenvalue weighted by Gasteiger charge is -2.09. The topological polar surface area (TPSA) is 64.3 Å². The molecular formula is C15H15FN2O2. The van der Waals surface area contributed by atoms with E-state index in [0.717, 1.165) is 11.6 Å². The first-order valence-electron chi connectivity index (χ1n) is 6.09. The molecule has 2 rings (SSSR count). The summed E-state index contributed by atoms with van der Waals surface area (Å²) in [5.74, 6) is -0.644. The Balaban J connectivity index is 1.92. The molecule has 1 amide bonds. The van der Waals surface area contributed by atoms with E-state index in [1.807, 2.05) is 19.1 Å².